The number of rotatable bonds is 4. The van der Waals surface area contributed by atoms with E-state index in [1.807, 2.05) is 48.5 Å². The molecule has 1 aliphatic rings. The monoisotopic (exact) mass is 329 g/mol. The average Bonchev–Trinajstić information content (AvgIpc) is 2.60. The van der Waals surface area contributed by atoms with Gasteiger partial charge in [0.2, 0.25) is 5.91 Å². The molecule has 4 nitrogen and oxygen atoms in total. The molecule has 0 spiro atoms. The van der Waals surface area contributed by atoms with Crippen molar-refractivity contribution < 1.29 is 13.7 Å². The van der Waals surface area contributed by atoms with Crippen molar-refractivity contribution in [3.8, 4) is 5.75 Å². The van der Waals surface area contributed by atoms with Gasteiger partial charge in [0.1, 0.15) is 5.75 Å². The molecule has 1 atom stereocenters. The first-order valence-electron chi connectivity index (χ1n) is 7.60. The maximum atomic E-state index is 12.6. The third-order valence-electron chi connectivity index (χ3n) is 4.00. The van der Waals surface area contributed by atoms with E-state index in [1.165, 1.54) is 0 Å². The Balaban J connectivity index is 1.74. The van der Waals surface area contributed by atoms with E-state index in [9.17, 15) is 9.00 Å². The van der Waals surface area contributed by atoms with Crippen LogP contribution in [0, 0.1) is 0 Å². The molecule has 0 aromatic heterocycles. The standard InChI is InChI=1S/C18H19NO3S/c1-22-16-8-4-2-6-14(16)10-11-18(20)19-12-13-23(21)17-9-5-3-7-15(17)19/h2-9H,10-13H2,1H3. The van der Waals surface area contributed by atoms with Gasteiger partial charge in [0.05, 0.1) is 28.5 Å². The lowest BCUT2D eigenvalue weighted by Crippen LogP contribution is -2.38. The first-order valence-corrected chi connectivity index (χ1v) is 8.92. The SMILES string of the molecule is COc1ccccc1CCC(=O)N1CCS(=O)c2ccccc21. The van der Waals surface area contributed by atoms with Gasteiger partial charge in [-0.3, -0.25) is 9.00 Å². The molecule has 0 bridgehead atoms. The number of amides is 1. The van der Waals surface area contributed by atoms with E-state index < -0.39 is 10.8 Å². The second-order valence-electron chi connectivity index (χ2n) is 5.37. The van der Waals surface area contributed by atoms with Crippen molar-refractivity contribution in [2.24, 2.45) is 0 Å². The highest BCUT2D eigenvalue weighted by Gasteiger charge is 2.25. The number of methoxy groups -OCH3 is 1. The van der Waals surface area contributed by atoms with Gasteiger partial charge in [0.25, 0.3) is 0 Å². The molecule has 5 heteroatoms. The maximum absolute atomic E-state index is 12.6. The van der Waals surface area contributed by atoms with Crippen molar-refractivity contribution in [1.29, 1.82) is 0 Å². The van der Waals surface area contributed by atoms with Crippen molar-refractivity contribution in [2.45, 2.75) is 17.7 Å². The van der Waals surface area contributed by atoms with Gasteiger partial charge in [0.15, 0.2) is 0 Å². The maximum Gasteiger partial charge on any atom is 0.227 e. The molecule has 120 valence electrons. The summed E-state index contributed by atoms with van der Waals surface area (Å²) in [5.41, 5.74) is 1.80. The number of para-hydroxylation sites is 2. The fourth-order valence-corrected chi connectivity index (χ4v) is 4.03. The van der Waals surface area contributed by atoms with Crippen LogP contribution in [0.3, 0.4) is 0 Å². The quantitative estimate of drug-likeness (QED) is 0.866. The molecular formula is C18H19NO3S. The van der Waals surface area contributed by atoms with E-state index in [-0.39, 0.29) is 5.91 Å². The second kappa shape index (κ2) is 6.96. The number of carbonyl (C=O) groups excluding carboxylic acids is 1. The topological polar surface area (TPSA) is 46.6 Å². The van der Waals surface area contributed by atoms with Gasteiger partial charge in [-0.1, -0.05) is 30.3 Å². The molecule has 0 fully saturated rings. The van der Waals surface area contributed by atoms with Gasteiger partial charge >= 0.3 is 0 Å². The highest BCUT2D eigenvalue weighted by atomic mass is 32.2. The summed E-state index contributed by atoms with van der Waals surface area (Å²) in [5, 5.41) is 0. The smallest absolute Gasteiger partial charge is 0.227 e. The number of hydrogen-bond acceptors (Lipinski definition) is 3. The molecule has 0 radical (unpaired) electrons. The minimum absolute atomic E-state index is 0.0556. The molecule has 0 aliphatic carbocycles. The predicted octanol–water partition coefficient (Wildman–Crippen LogP) is 2.78. The zero-order valence-electron chi connectivity index (χ0n) is 13.0. The van der Waals surface area contributed by atoms with E-state index in [4.69, 9.17) is 4.74 Å². The summed E-state index contributed by atoms with van der Waals surface area (Å²) in [6, 6.07) is 15.2. The van der Waals surface area contributed by atoms with Crippen molar-refractivity contribution in [2.75, 3.05) is 24.3 Å². The Kier molecular flexibility index (Phi) is 4.76. The minimum Gasteiger partial charge on any atom is -0.496 e. The minimum atomic E-state index is -1.01. The van der Waals surface area contributed by atoms with Crippen LogP contribution in [0.2, 0.25) is 0 Å². The Bertz CT molecular complexity index is 745. The third kappa shape index (κ3) is 3.29. The van der Waals surface area contributed by atoms with Crippen LogP contribution in [0.4, 0.5) is 5.69 Å². The van der Waals surface area contributed by atoms with E-state index in [2.05, 4.69) is 0 Å². The molecule has 2 aromatic carbocycles. The van der Waals surface area contributed by atoms with E-state index in [0.717, 1.165) is 21.9 Å². The lowest BCUT2D eigenvalue weighted by molar-refractivity contribution is -0.118. The largest absolute Gasteiger partial charge is 0.496 e. The van der Waals surface area contributed by atoms with Crippen LogP contribution in [-0.2, 0) is 22.0 Å². The summed E-state index contributed by atoms with van der Waals surface area (Å²) >= 11 is 0. The Morgan fingerprint density at radius 1 is 1.17 bits per heavy atom. The summed E-state index contributed by atoms with van der Waals surface area (Å²) in [6.07, 6.45) is 1.03. The summed E-state index contributed by atoms with van der Waals surface area (Å²) in [7, 11) is 0.624. The highest BCUT2D eigenvalue weighted by Crippen LogP contribution is 2.29. The Morgan fingerprint density at radius 3 is 2.74 bits per heavy atom. The first-order chi connectivity index (χ1) is 11.2. The highest BCUT2D eigenvalue weighted by molar-refractivity contribution is 7.85. The zero-order valence-corrected chi connectivity index (χ0v) is 13.8. The number of benzene rings is 2. The molecule has 0 saturated heterocycles. The summed E-state index contributed by atoms with van der Waals surface area (Å²) in [6.45, 7) is 0.508. The summed E-state index contributed by atoms with van der Waals surface area (Å²) in [4.78, 5) is 15.1. The van der Waals surface area contributed by atoms with Crippen LogP contribution in [0.25, 0.3) is 0 Å². The number of anilines is 1. The molecule has 1 aliphatic heterocycles. The zero-order chi connectivity index (χ0) is 16.2. The van der Waals surface area contributed by atoms with Gasteiger partial charge in [-0.15, -0.1) is 0 Å². The fourth-order valence-electron chi connectivity index (χ4n) is 2.82. The van der Waals surface area contributed by atoms with E-state index in [1.54, 1.807) is 12.0 Å². The van der Waals surface area contributed by atoms with Crippen molar-refractivity contribution in [3.05, 3.63) is 54.1 Å². The Labute approximate surface area is 138 Å². The first kappa shape index (κ1) is 15.7. The second-order valence-corrected chi connectivity index (χ2v) is 6.91. The molecule has 1 amide bonds. The molecular weight excluding hydrogens is 310 g/mol. The fraction of sp³-hybridized carbons (Fsp3) is 0.278. The molecule has 2 aromatic rings. The number of hydrogen-bond donors (Lipinski definition) is 0. The van der Waals surface area contributed by atoms with Gasteiger partial charge < -0.3 is 9.64 Å². The number of nitrogens with zero attached hydrogens (tertiary/aromatic N) is 1. The average molecular weight is 329 g/mol. The van der Waals surface area contributed by atoms with Crippen LogP contribution in [-0.4, -0.2) is 29.5 Å². The van der Waals surface area contributed by atoms with Crippen LogP contribution in [0.15, 0.2) is 53.4 Å². The van der Waals surface area contributed by atoms with Gasteiger partial charge in [-0.2, -0.15) is 0 Å². The number of carbonyl (C=O) groups is 1. The number of fused-ring (bicyclic) bond motifs is 1. The Morgan fingerprint density at radius 2 is 1.91 bits per heavy atom. The van der Waals surface area contributed by atoms with Crippen LogP contribution in [0.5, 0.6) is 5.75 Å². The van der Waals surface area contributed by atoms with Crippen molar-refractivity contribution in [3.63, 3.8) is 0 Å². The molecule has 1 unspecified atom stereocenters. The molecule has 1 heterocycles. The van der Waals surface area contributed by atoms with E-state index in [0.29, 0.717) is 25.1 Å². The number of aryl methyl sites for hydroxylation is 1. The number of ether oxygens (including phenoxy) is 1. The van der Waals surface area contributed by atoms with Gasteiger partial charge in [-0.05, 0) is 30.2 Å². The molecule has 0 saturated carbocycles. The molecule has 0 N–H and O–H groups in total. The lowest BCUT2D eigenvalue weighted by Gasteiger charge is -2.29. The van der Waals surface area contributed by atoms with Gasteiger partial charge in [-0.25, -0.2) is 0 Å². The summed E-state index contributed by atoms with van der Waals surface area (Å²) < 4.78 is 17.4. The third-order valence-corrected chi connectivity index (χ3v) is 5.39. The van der Waals surface area contributed by atoms with Gasteiger partial charge in [0, 0.05) is 18.7 Å². The lowest BCUT2D eigenvalue weighted by atomic mass is 10.1. The molecule has 3 rings (SSSR count). The predicted molar refractivity (Wildman–Crippen MR) is 91.4 cm³/mol. The van der Waals surface area contributed by atoms with Crippen LogP contribution in [0.1, 0.15) is 12.0 Å². The van der Waals surface area contributed by atoms with Crippen molar-refractivity contribution in [1.82, 2.24) is 0 Å². The van der Waals surface area contributed by atoms with Crippen molar-refractivity contribution >= 4 is 22.4 Å². The van der Waals surface area contributed by atoms with E-state index >= 15 is 0 Å². The Hall–Kier alpha value is -2.14. The van der Waals surface area contributed by atoms with Crippen LogP contribution >= 0.6 is 0 Å². The normalized spacial score (nSPS) is 16.7. The summed E-state index contributed by atoms with van der Waals surface area (Å²) in [5.74, 6) is 1.36. The molecule has 23 heavy (non-hydrogen) atoms. The van der Waals surface area contributed by atoms with Crippen LogP contribution < -0.4 is 9.64 Å².